The summed E-state index contributed by atoms with van der Waals surface area (Å²) in [5, 5.41) is 6.91. The van der Waals surface area contributed by atoms with E-state index in [0.717, 1.165) is 0 Å². The third kappa shape index (κ3) is 2.10. The molecule has 0 spiro atoms. The second-order valence-corrected chi connectivity index (χ2v) is 5.33. The number of aryl methyl sites for hydroxylation is 1. The summed E-state index contributed by atoms with van der Waals surface area (Å²) in [6.07, 6.45) is 0. The lowest BCUT2D eigenvalue weighted by atomic mass is 10.2. The molecule has 0 radical (unpaired) electrons. The highest BCUT2D eigenvalue weighted by atomic mass is 35.7. The molecule has 0 N–H and O–H groups in total. The molecule has 72 valence electrons. The summed E-state index contributed by atoms with van der Waals surface area (Å²) in [6.45, 7) is 3.20. The first-order valence-electron chi connectivity index (χ1n) is 3.28. The molecular formula is C6H6Cl2N2O2S. The van der Waals surface area contributed by atoms with Gasteiger partial charge in [0.05, 0.1) is 5.69 Å². The predicted octanol–water partition coefficient (Wildman–Crippen LogP) is 1.67. The van der Waals surface area contributed by atoms with E-state index in [1.54, 1.807) is 13.8 Å². The van der Waals surface area contributed by atoms with E-state index in [0.29, 0.717) is 11.3 Å². The van der Waals surface area contributed by atoms with Gasteiger partial charge in [-0.2, -0.15) is 5.10 Å². The summed E-state index contributed by atoms with van der Waals surface area (Å²) in [5.41, 5.74) is 0.915. The molecule has 0 saturated carbocycles. The molecule has 0 aliphatic heterocycles. The summed E-state index contributed by atoms with van der Waals surface area (Å²) in [7, 11) is 1.31. The Morgan fingerprint density at radius 2 is 1.77 bits per heavy atom. The maximum atomic E-state index is 11.0. The van der Waals surface area contributed by atoms with E-state index >= 15 is 0 Å². The lowest BCUT2D eigenvalue weighted by Gasteiger charge is -2.04. The van der Waals surface area contributed by atoms with Crippen molar-refractivity contribution in [3.63, 3.8) is 0 Å². The molecule has 0 aliphatic rings. The lowest BCUT2D eigenvalue weighted by molar-refractivity contribution is 0.608. The van der Waals surface area contributed by atoms with E-state index in [4.69, 9.17) is 22.3 Å². The summed E-state index contributed by atoms with van der Waals surface area (Å²) < 4.78 is 22.1. The fourth-order valence-electron chi connectivity index (χ4n) is 0.842. The van der Waals surface area contributed by atoms with Crippen LogP contribution in [0.4, 0.5) is 0 Å². The smallest absolute Gasteiger partial charge is 0.207 e. The molecule has 1 aromatic heterocycles. The zero-order valence-corrected chi connectivity index (χ0v) is 9.20. The summed E-state index contributed by atoms with van der Waals surface area (Å²) in [4.78, 5) is -0.164. The monoisotopic (exact) mass is 240 g/mol. The average Bonchev–Trinajstić information content (AvgIpc) is 1.95. The van der Waals surface area contributed by atoms with Crippen LogP contribution < -0.4 is 0 Å². The Kier molecular flexibility index (Phi) is 2.79. The van der Waals surface area contributed by atoms with Gasteiger partial charge in [0.2, 0.25) is 0 Å². The highest BCUT2D eigenvalue weighted by Gasteiger charge is 2.20. The van der Waals surface area contributed by atoms with E-state index in [1.807, 2.05) is 0 Å². The maximum absolute atomic E-state index is 11.0. The number of hydrogen-bond donors (Lipinski definition) is 0. The maximum Gasteiger partial charge on any atom is 0.264 e. The molecule has 0 bridgehead atoms. The minimum atomic E-state index is -3.85. The van der Waals surface area contributed by atoms with Gasteiger partial charge in [-0.25, -0.2) is 8.42 Å². The molecule has 0 saturated heterocycles. The molecule has 13 heavy (non-hydrogen) atoms. The van der Waals surface area contributed by atoms with Crippen molar-refractivity contribution >= 4 is 31.3 Å². The number of aromatic nitrogens is 2. The standard InChI is InChI=1S/C6H6Cl2N2O2S/c1-3-4(2)9-10-6(7)5(3)13(8,11)12/h1-2H3. The molecule has 0 fully saturated rings. The zero-order valence-electron chi connectivity index (χ0n) is 6.88. The van der Waals surface area contributed by atoms with Crippen molar-refractivity contribution in [1.29, 1.82) is 0 Å². The van der Waals surface area contributed by atoms with Crippen LogP contribution in [0.2, 0.25) is 5.15 Å². The van der Waals surface area contributed by atoms with Gasteiger partial charge in [-0.1, -0.05) is 11.6 Å². The van der Waals surface area contributed by atoms with Crippen molar-refractivity contribution in [2.75, 3.05) is 0 Å². The first-order valence-corrected chi connectivity index (χ1v) is 5.97. The fourth-order valence-corrected chi connectivity index (χ4v) is 2.77. The van der Waals surface area contributed by atoms with Crippen LogP contribution in [0.15, 0.2) is 4.90 Å². The minimum absolute atomic E-state index is 0.164. The van der Waals surface area contributed by atoms with Crippen molar-refractivity contribution in [2.45, 2.75) is 18.7 Å². The van der Waals surface area contributed by atoms with Crippen molar-refractivity contribution < 1.29 is 8.42 Å². The van der Waals surface area contributed by atoms with E-state index in [2.05, 4.69) is 10.2 Å². The first kappa shape index (κ1) is 10.7. The van der Waals surface area contributed by atoms with Crippen LogP contribution in [0.25, 0.3) is 0 Å². The van der Waals surface area contributed by atoms with Crippen LogP contribution in [-0.4, -0.2) is 18.6 Å². The number of halogens is 2. The Labute approximate surface area is 85.3 Å². The molecule has 0 unspecified atom stereocenters. The molecular weight excluding hydrogens is 235 g/mol. The average molecular weight is 241 g/mol. The van der Waals surface area contributed by atoms with Gasteiger partial charge in [0.15, 0.2) is 5.15 Å². The normalized spacial score (nSPS) is 11.7. The molecule has 0 amide bonds. The third-order valence-electron chi connectivity index (χ3n) is 1.60. The van der Waals surface area contributed by atoms with Gasteiger partial charge in [0, 0.05) is 10.7 Å². The Bertz CT molecular complexity index is 444. The molecule has 0 aromatic carbocycles. The van der Waals surface area contributed by atoms with Gasteiger partial charge >= 0.3 is 0 Å². The third-order valence-corrected chi connectivity index (χ3v) is 3.43. The molecule has 0 atom stereocenters. The van der Waals surface area contributed by atoms with Crippen LogP contribution in [0.1, 0.15) is 11.3 Å². The quantitative estimate of drug-likeness (QED) is 0.701. The van der Waals surface area contributed by atoms with Crippen molar-refractivity contribution in [3.8, 4) is 0 Å². The number of rotatable bonds is 1. The Balaban J connectivity index is 3.62. The SMILES string of the molecule is Cc1nnc(Cl)c(S(=O)(=O)Cl)c1C. The summed E-state index contributed by atoms with van der Waals surface area (Å²) in [6, 6.07) is 0. The second-order valence-electron chi connectivity index (χ2n) is 2.47. The minimum Gasteiger partial charge on any atom is -0.207 e. The summed E-state index contributed by atoms with van der Waals surface area (Å²) in [5.74, 6) is 0. The van der Waals surface area contributed by atoms with Crippen molar-refractivity contribution in [2.24, 2.45) is 0 Å². The van der Waals surface area contributed by atoms with Gasteiger partial charge in [-0.3, -0.25) is 0 Å². The van der Waals surface area contributed by atoms with Gasteiger partial charge in [-0.05, 0) is 19.4 Å². The van der Waals surface area contributed by atoms with Gasteiger partial charge < -0.3 is 0 Å². The Morgan fingerprint density at radius 1 is 1.23 bits per heavy atom. The van der Waals surface area contributed by atoms with E-state index in [-0.39, 0.29) is 10.0 Å². The highest BCUT2D eigenvalue weighted by Crippen LogP contribution is 2.26. The molecule has 1 aromatic rings. The van der Waals surface area contributed by atoms with Gasteiger partial charge in [0.1, 0.15) is 4.90 Å². The molecule has 1 rings (SSSR count). The van der Waals surface area contributed by atoms with E-state index < -0.39 is 9.05 Å². The van der Waals surface area contributed by atoms with E-state index in [9.17, 15) is 8.42 Å². The van der Waals surface area contributed by atoms with Crippen LogP contribution >= 0.6 is 22.3 Å². The van der Waals surface area contributed by atoms with Crippen LogP contribution in [0.3, 0.4) is 0 Å². The lowest BCUT2D eigenvalue weighted by Crippen LogP contribution is -2.02. The Morgan fingerprint density at radius 3 is 2.15 bits per heavy atom. The molecule has 1 heterocycles. The number of nitrogens with zero attached hydrogens (tertiary/aromatic N) is 2. The van der Waals surface area contributed by atoms with E-state index in [1.165, 1.54) is 0 Å². The van der Waals surface area contributed by atoms with Crippen LogP contribution in [0, 0.1) is 13.8 Å². The fraction of sp³-hybridized carbons (Fsp3) is 0.333. The predicted molar refractivity (Wildman–Crippen MR) is 49.6 cm³/mol. The highest BCUT2D eigenvalue weighted by molar-refractivity contribution is 8.13. The largest absolute Gasteiger partial charge is 0.264 e. The van der Waals surface area contributed by atoms with Gasteiger partial charge in [0.25, 0.3) is 9.05 Å². The molecule has 4 nitrogen and oxygen atoms in total. The summed E-state index contributed by atoms with van der Waals surface area (Å²) >= 11 is 5.55. The van der Waals surface area contributed by atoms with Crippen LogP contribution in [-0.2, 0) is 9.05 Å². The Hall–Kier alpha value is -0.390. The van der Waals surface area contributed by atoms with Crippen LogP contribution in [0.5, 0.6) is 0 Å². The van der Waals surface area contributed by atoms with Crippen molar-refractivity contribution in [3.05, 3.63) is 16.4 Å². The molecule has 0 aliphatic carbocycles. The topological polar surface area (TPSA) is 59.9 Å². The van der Waals surface area contributed by atoms with Crippen molar-refractivity contribution in [1.82, 2.24) is 10.2 Å². The van der Waals surface area contributed by atoms with Gasteiger partial charge in [-0.15, -0.1) is 5.10 Å². The zero-order chi connectivity index (χ0) is 10.2. The second kappa shape index (κ2) is 3.40. The molecule has 7 heteroatoms. The number of hydrogen-bond acceptors (Lipinski definition) is 4. The first-order chi connectivity index (χ1) is 5.84.